The van der Waals surface area contributed by atoms with Crippen LogP contribution in [0.1, 0.15) is 18.1 Å². The van der Waals surface area contributed by atoms with Crippen LogP contribution in [0.4, 0.5) is 23.2 Å². The van der Waals surface area contributed by atoms with Gasteiger partial charge < -0.3 is 10.1 Å². The maximum absolute atomic E-state index is 13.7. The molecule has 0 spiro atoms. The molecular formula is C18H14ClF4NO3. The average molecular weight is 404 g/mol. The zero-order valence-electron chi connectivity index (χ0n) is 13.9. The van der Waals surface area contributed by atoms with Crippen molar-refractivity contribution in [2.75, 3.05) is 5.32 Å². The first-order chi connectivity index (χ1) is 12.6. The van der Waals surface area contributed by atoms with Crippen LogP contribution in [0.3, 0.4) is 0 Å². The molecule has 2 rings (SSSR count). The Morgan fingerprint density at radius 1 is 1.15 bits per heavy atom. The Morgan fingerprint density at radius 3 is 2.33 bits per heavy atom. The number of anilines is 1. The van der Waals surface area contributed by atoms with Crippen LogP contribution in [-0.2, 0) is 26.9 Å². The second-order valence-corrected chi connectivity index (χ2v) is 5.98. The molecule has 0 aliphatic heterocycles. The summed E-state index contributed by atoms with van der Waals surface area (Å²) in [6.07, 6.45) is -6.20. The lowest BCUT2D eigenvalue weighted by Crippen LogP contribution is -2.30. The van der Waals surface area contributed by atoms with E-state index < -0.39 is 42.0 Å². The van der Waals surface area contributed by atoms with Gasteiger partial charge in [0, 0.05) is 16.3 Å². The summed E-state index contributed by atoms with van der Waals surface area (Å²) < 4.78 is 56.1. The number of ether oxygens (including phenoxy) is 1. The number of halogens is 5. The van der Waals surface area contributed by atoms with Crippen LogP contribution in [0.15, 0.2) is 42.5 Å². The second kappa shape index (κ2) is 8.39. The highest BCUT2D eigenvalue weighted by Crippen LogP contribution is 2.29. The van der Waals surface area contributed by atoms with Crippen LogP contribution >= 0.6 is 11.6 Å². The highest BCUT2D eigenvalue weighted by atomic mass is 35.5. The van der Waals surface area contributed by atoms with E-state index in [1.807, 2.05) is 0 Å². The molecule has 4 nitrogen and oxygen atoms in total. The van der Waals surface area contributed by atoms with Crippen LogP contribution in [0, 0.1) is 5.82 Å². The minimum absolute atomic E-state index is 0.0498. The van der Waals surface area contributed by atoms with E-state index in [9.17, 15) is 27.2 Å². The van der Waals surface area contributed by atoms with Gasteiger partial charge in [-0.2, -0.15) is 13.2 Å². The Morgan fingerprint density at radius 2 is 1.78 bits per heavy atom. The minimum atomic E-state index is -4.49. The number of carbonyl (C=O) groups excluding carboxylic acids is 2. The van der Waals surface area contributed by atoms with E-state index in [0.29, 0.717) is 0 Å². The fourth-order valence-corrected chi connectivity index (χ4v) is 2.35. The van der Waals surface area contributed by atoms with Gasteiger partial charge in [0.15, 0.2) is 6.10 Å². The van der Waals surface area contributed by atoms with Crippen molar-refractivity contribution in [2.24, 2.45) is 0 Å². The molecule has 2 aromatic rings. The van der Waals surface area contributed by atoms with Gasteiger partial charge in [0.1, 0.15) is 5.82 Å². The summed E-state index contributed by atoms with van der Waals surface area (Å²) in [5.74, 6) is -2.30. The van der Waals surface area contributed by atoms with Gasteiger partial charge in [-0.25, -0.2) is 4.39 Å². The summed E-state index contributed by atoms with van der Waals surface area (Å²) in [5, 5.41) is 2.38. The van der Waals surface area contributed by atoms with E-state index >= 15 is 0 Å². The predicted octanol–water partition coefficient (Wildman–Crippen LogP) is 4.61. The van der Waals surface area contributed by atoms with Gasteiger partial charge in [0.2, 0.25) is 0 Å². The fourth-order valence-electron chi connectivity index (χ4n) is 2.12. The van der Waals surface area contributed by atoms with E-state index in [-0.39, 0.29) is 16.3 Å². The second-order valence-electron chi connectivity index (χ2n) is 5.57. The molecule has 1 amide bonds. The normalized spacial score (nSPS) is 12.4. The Balaban J connectivity index is 1.94. The van der Waals surface area contributed by atoms with Crippen LogP contribution in [-0.4, -0.2) is 18.0 Å². The van der Waals surface area contributed by atoms with E-state index in [1.165, 1.54) is 19.1 Å². The van der Waals surface area contributed by atoms with E-state index in [2.05, 4.69) is 5.32 Å². The Hall–Kier alpha value is -2.61. The van der Waals surface area contributed by atoms with Crippen molar-refractivity contribution in [1.29, 1.82) is 0 Å². The molecule has 1 atom stereocenters. The summed E-state index contributed by atoms with van der Waals surface area (Å²) in [7, 11) is 0. The summed E-state index contributed by atoms with van der Waals surface area (Å²) in [6.45, 7) is 1.28. The lowest BCUT2D eigenvalue weighted by Gasteiger charge is -2.14. The number of benzene rings is 2. The number of hydrogen-bond donors (Lipinski definition) is 1. The zero-order valence-corrected chi connectivity index (χ0v) is 14.7. The highest BCUT2D eigenvalue weighted by molar-refractivity contribution is 6.31. The molecule has 0 saturated heterocycles. The number of nitrogens with one attached hydrogen (secondary N) is 1. The molecule has 0 saturated carbocycles. The summed E-state index contributed by atoms with van der Waals surface area (Å²) in [6, 6.07) is 7.71. The molecule has 0 radical (unpaired) electrons. The average Bonchev–Trinajstić information content (AvgIpc) is 2.58. The van der Waals surface area contributed by atoms with Crippen LogP contribution in [0.25, 0.3) is 0 Å². The van der Waals surface area contributed by atoms with Gasteiger partial charge in [-0.05, 0) is 43.3 Å². The number of alkyl halides is 3. The maximum atomic E-state index is 13.7. The summed E-state index contributed by atoms with van der Waals surface area (Å²) in [5.41, 5.74) is -0.811. The molecule has 0 aliphatic carbocycles. The number of hydrogen-bond acceptors (Lipinski definition) is 3. The van der Waals surface area contributed by atoms with E-state index in [1.54, 1.807) is 0 Å². The van der Waals surface area contributed by atoms with Crippen molar-refractivity contribution in [3.05, 3.63) is 64.4 Å². The van der Waals surface area contributed by atoms with Gasteiger partial charge in [0.25, 0.3) is 5.91 Å². The van der Waals surface area contributed by atoms with Gasteiger partial charge in [-0.3, -0.25) is 9.59 Å². The zero-order chi connectivity index (χ0) is 20.2. The largest absolute Gasteiger partial charge is 0.452 e. The molecule has 0 unspecified atom stereocenters. The fraction of sp³-hybridized carbons (Fsp3) is 0.222. The molecule has 144 valence electrons. The topological polar surface area (TPSA) is 55.4 Å². The Kier molecular flexibility index (Phi) is 6.43. The standard InChI is InChI=1S/C18H14ClF4NO3/c1-10(27-16(25)9-13-14(19)3-2-4-15(13)20)17(26)24-12-7-5-11(6-8-12)18(21,22)23/h2-8,10H,9H2,1H3,(H,24,26)/t10-/m1/s1. The number of rotatable bonds is 5. The van der Waals surface area contributed by atoms with Crippen molar-refractivity contribution in [3.8, 4) is 0 Å². The molecule has 27 heavy (non-hydrogen) atoms. The summed E-state index contributed by atoms with van der Waals surface area (Å²) >= 11 is 5.82. The molecule has 9 heteroatoms. The molecule has 1 N–H and O–H groups in total. The lowest BCUT2D eigenvalue weighted by molar-refractivity contribution is -0.152. The van der Waals surface area contributed by atoms with Crippen LogP contribution < -0.4 is 5.32 Å². The van der Waals surface area contributed by atoms with Gasteiger partial charge in [0.05, 0.1) is 12.0 Å². The molecule has 0 aromatic heterocycles. The first-order valence-corrected chi connectivity index (χ1v) is 8.06. The van der Waals surface area contributed by atoms with E-state index in [4.69, 9.17) is 16.3 Å². The van der Waals surface area contributed by atoms with E-state index in [0.717, 1.165) is 30.3 Å². The minimum Gasteiger partial charge on any atom is -0.452 e. The molecule has 0 aliphatic rings. The smallest absolute Gasteiger partial charge is 0.416 e. The number of carbonyl (C=O) groups is 2. The van der Waals surface area contributed by atoms with Crippen molar-refractivity contribution < 1.29 is 31.9 Å². The summed E-state index contributed by atoms with van der Waals surface area (Å²) in [4.78, 5) is 23.9. The number of amides is 1. The molecule has 2 aromatic carbocycles. The Bertz CT molecular complexity index is 817. The monoisotopic (exact) mass is 403 g/mol. The van der Waals surface area contributed by atoms with Gasteiger partial charge >= 0.3 is 12.1 Å². The maximum Gasteiger partial charge on any atom is 0.416 e. The van der Waals surface area contributed by atoms with Crippen molar-refractivity contribution in [3.63, 3.8) is 0 Å². The molecule has 0 bridgehead atoms. The third-order valence-electron chi connectivity index (χ3n) is 3.54. The van der Waals surface area contributed by atoms with Gasteiger partial charge in [-0.1, -0.05) is 17.7 Å². The molecule has 0 fully saturated rings. The van der Waals surface area contributed by atoms with Crippen molar-refractivity contribution in [1.82, 2.24) is 0 Å². The predicted molar refractivity (Wildman–Crippen MR) is 90.7 cm³/mol. The number of esters is 1. The van der Waals surface area contributed by atoms with Crippen molar-refractivity contribution in [2.45, 2.75) is 25.6 Å². The lowest BCUT2D eigenvalue weighted by atomic mass is 10.1. The third kappa shape index (κ3) is 5.68. The molecule has 0 heterocycles. The first-order valence-electron chi connectivity index (χ1n) is 7.68. The quantitative estimate of drug-likeness (QED) is 0.586. The Labute approximate surface area is 157 Å². The van der Waals surface area contributed by atoms with Crippen molar-refractivity contribution >= 4 is 29.2 Å². The first kappa shape index (κ1) is 20.7. The van der Waals surface area contributed by atoms with Crippen LogP contribution in [0.2, 0.25) is 5.02 Å². The SMILES string of the molecule is C[C@@H](OC(=O)Cc1c(F)cccc1Cl)C(=O)Nc1ccc(C(F)(F)F)cc1. The molecular weight excluding hydrogens is 390 g/mol. The van der Waals surface area contributed by atoms with Gasteiger partial charge in [-0.15, -0.1) is 0 Å². The third-order valence-corrected chi connectivity index (χ3v) is 3.89. The highest BCUT2D eigenvalue weighted by Gasteiger charge is 2.30. The van der Waals surface area contributed by atoms with Crippen LogP contribution in [0.5, 0.6) is 0 Å².